The van der Waals surface area contributed by atoms with E-state index >= 15 is 0 Å². The third-order valence-electron chi connectivity index (χ3n) is 2.60. The van der Waals surface area contributed by atoms with Crippen LogP contribution in [0.5, 0.6) is 0 Å². The van der Waals surface area contributed by atoms with Crippen LogP contribution in [0.3, 0.4) is 0 Å². The molecule has 0 aliphatic heterocycles. The molecular formula is C10H18N4O. The summed E-state index contributed by atoms with van der Waals surface area (Å²) in [5, 5.41) is 3.14. The van der Waals surface area contributed by atoms with Crippen molar-refractivity contribution in [3.63, 3.8) is 0 Å². The van der Waals surface area contributed by atoms with E-state index in [4.69, 9.17) is 5.73 Å². The number of nitrogens with zero attached hydrogens (tertiary/aromatic N) is 1. The Bertz CT molecular complexity index is 362. The van der Waals surface area contributed by atoms with Gasteiger partial charge in [0.05, 0.1) is 0 Å². The maximum Gasteiger partial charge on any atom is 0.290 e. The molecule has 1 heterocycles. The van der Waals surface area contributed by atoms with Crippen molar-refractivity contribution in [1.29, 1.82) is 0 Å². The van der Waals surface area contributed by atoms with Crippen molar-refractivity contribution in [2.24, 2.45) is 5.73 Å². The van der Waals surface area contributed by atoms with E-state index in [2.05, 4.69) is 22.2 Å². The average Bonchev–Trinajstić information content (AvgIpc) is 2.22. The lowest BCUT2D eigenvalue weighted by atomic mass is 9.94. The molecule has 0 fully saturated rings. The lowest BCUT2D eigenvalue weighted by Crippen LogP contribution is -2.38. The monoisotopic (exact) mass is 210 g/mol. The minimum absolute atomic E-state index is 0.171. The first kappa shape index (κ1) is 11.7. The van der Waals surface area contributed by atoms with Crippen molar-refractivity contribution < 1.29 is 0 Å². The number of aromatic amines is 1. The van der Waals surface area contributed by atoms with Crippen molar-refractivity contribution in [2.45, 2.75) is 32.2 Å². The summed E-state index contributed by atoms with van der Waals surface area (Å²) in [6.45, 7) is 4.68. The van der Waals surface area contributed by atoms with E-state index in [1.54, 1.807) is 6.20 Å². The van der Waals surface area contributed by atoms with Crippen LogP contribution >= 0.6 is 0 Å². The van der Waals surface area contributed by atoms with Gasteiger partial charge < -0.3 is 16.0 Å². The zero-order valence-electron chi connectivity index (χ0n) is 9.21. The highest BCUT2D eigenvalue weighted by molar-refractivity contribution is 5.33. The molecule has 0 spiro atoms. The number of hydrogen-bond acceptors (Lipinski definition) is 4. The summed E-state index contributed by atoms with van der Waals surface area (Å²) in [5.41, 5.74) is 5.17. The summed E-state index contributed by atoms with van der Waals surface area (Å²) in [5.74, 6) is 0.357. The van der Waals surface area contributed by atoms with Gasteiger partial charge in [-0.15, -0.1) is 0 Å². The number of H-pyrrole nitrogens is 1. The molecule has 5 nitrogen and oxygen atoms in total. The normalized spacial score (nSPS) is 14.6. The van der Waals surface area contributed by atoms with Crippen LogP contribution in [0, 0.1) is 0 Å². The highest BCUT2D eigenvalue weighted by atomic mass is 16.1. The molecule has 1 aromatic heterocycles. The van der Waals surface area contributed by atoms with E-state index in [-0.39, 0.29) is 11.1 Å². The molecule has 0 saturated heterocycles. The van der Waals surface area contributed by atoms with Gasteiger partial charge in [0.25, 0.3) is 5.56 Å². The summed E-state index contributed by atoms with van der Waals surface area (Å²) in [4.78, 5) is 18.0. The van der Waals surface area contributed by atoms with Gasteiger partial charge in [0, 0.05) is 17.9 Å². The number of nitrogens with two attached hydrogens (primary N) is 1. The van der Waals surface area contributed by atoms with Crippen LogP contribution in [0.25, 0.3) is 0 Å². The van der Waals surface area contributed by atoms with Gasteiger partial charge >= 0.3 is 0 Å². The smallest absolute Gasteiger partial charge is 0.290 e. The molecule has 4 N–H and O–H groups in total. The topological polar surface area (TPSA) is 83.8 Å². The number of aromatic nitrogens is 2. The number of nitrogens with one attached hydrogen (secondary N) is 2. The second kappa shape index (κ2) is 4.93. The molecule has 0 radical (unpaired) electrons. The second-order valence-corrected chi connectivity index (χ2v) is 3.84. The largest absolute Gasteiger partial charge is 0.360 e. The van der Waals surface area contributed by atoms with Crippen LogP contribution in [0.4, 0.5) is 5.82 Å². The second-order valence-electron chi connectivity index (χ2n) is 3.84. The van der Waals surface area contributed by atoms with Crippen LogP contribution in [0.15, 0.2) is 17.2 Å². The van der Waals surface area contributed by atoms with Crippen LogP contribution < -0.4 is 16.6 Å². The molecule has 0 saturated carbocycles. The average molecular weight is 210 g/mol. The van der Waals surface area contributed by atoms with E-state index in [9.17, 15) is 4.79 Å². The molecule has 1 unspecified atom stereocenters. The summed E-state index contributed by atoms with van der Waals surface area (Å²) < 4.78 is 0. The molecular weight excluding hydrogens is 192 g/mol. The first-order valence-electron chi connectivity index (χ1n) is 5.13. The first-order chi connectivity index (χ1) is 7.11. The Balaban J connectivity index is 2.84. The molecule has 0 aliphatic carbocycles. The minimum Gasteiger partial charge on any atom is -0.360 e. The van der Waals surface area contributed by atoms with Crippen molar-refractivity contribution >= 4 is 5.82 Å². The summed E-state index contributed by atoms with van der Waals surface area (Å²) in [6.07, 6.45) is 4.77. The third-order valence-corrected chi connectivity index (χ3v) is 2.60. The molecule has 15 heavy (non-hydrogen) atoms. The number of anilines is 1. The highest BCUT2D eigenvalue weighted by Crippen LogP contribution is 2.17. The molecule has 84 valence electrons. The Kier molecular flexibility index (Phi) is 3.85. The summed E-state index contributed by atoms with van der Waals surface area (Å²) in [6, 6.07) is 0. The fraction of sp³-hybridized carbons (Fsp3) is 0.600. The van der Waals surface area contributed by atoms with Crippen molar-refractivity contribution in [3.8, 4) is 0 Å². The molecule has 0 amide bonds. The quantitative estimate of drug-likeness (QED) is 0.668. The van der Waals surface area contributed by atoms with Crippen molar-refractivity contribution in [2.75, 3.05) is 11.9 Å². The Morgan fingerprint density at radius 1 is 1.67 bits per heavy atom. The van der Waals surface area contributed by atoms with Crippen LogP contribution in [0.2, 0.25) is 0 Å². The molecule has 0 aliphatic rings. The van der Waals surface area contributed by atoms with Gasteiger partial charge in [-0.1, -0.05) is 6.92 Å². The Hall–Kier alpha value is -1.36. The molecule has 5 heteroatoms. The standard InChI is InChI=1S/C10H18N4O/c1-3-10(2,4-5-11)14-8-9(15)13-7-6-12-8/h6-7H,3-5,11H2,1-2H3,(H,12,14)(H,13,15). The van der Waals surface area contributed by atoms with Gasteiger partial charge in [-0.25, -0.2) is 4.98 Å². The maximum atomic E-state index is 11.4. The van der Waals surface area contributed by atoms with Gasteiger partial charge in [0.2, 0.25) is 0 Å². The van der Waals surface area contributed by atoms with Crippen molar-refractivity contribution in [1.82, 2.24) is 9.97 Å². The van der Waals surface area contributed by atoms with E-state index in [1.165, 1.54) is 6.20 Å². The highest BCUT2D eigenvalue weighted by Gasteiger charge is 2.22. The molecule has 1 rings (SSSR count). The summed E-state index contributed by atoms with van der Waals surface area (Å²) >= 11 is 0. The predicted molar refractivity (Wildman–Crippen MR) is 60.8 cm³/mol. The Morgan fingerprint density at radius 2 is 2.40 bits per heavy atom. The van der Waals surface area contributed by atoms with Crippen LogP contribution in [-0.2, 0) is 0 Å². The number of rotatable bonds is 5. The zero-order chi connectivity index (χ0) is 11.3. The van der Waals surface area contributed by atoms with E-state index in [0.717, 1.165) is 12.8 Å². The van der Waals surface area contributed by atoms with Gasteiger partial charge in [0.15, 0.2) is 5.82 Å². The molecule has 0 bridgehead atoms. The lowest BCUT2D eigenvalue weighted by Gasteiger charge is -2.29. The predicted octanol–water partition coefficient (Wildman–Crippen LogP) is 0.699. The van der Waals surface area contributed by atoms with E-state index in [0.29, 0.717) is 12.4 Å². The fourth-order valence-electron chi connectivity index (χ4n) is 1.37. The third kappa shape index (κ3) is 3.06. The SMILES string of the molecule is CCC(C)(CCN)Nc1ncc[nH]c1=O. The van der Waals surface area contributed by atoms with Crippen LogP contribution in [-0.4, -0.2) is 22.1 Å². The van der Waals surface area contributed by atoms with Crippen LogP contribution in [0.1, 0.15) is 26.7 Å². The Labute approximate surface area is 89.1 Å². The first-order valence-corrected chi connectivity index (χ1v) is 5.13. The van der Waals surface area contributed by atoms with Gasteiger partial charge in [-0.2, -0.15) is 0 Å². The zero-order valence-corrected chi connectivity index (χ0v) is 9.21. The van der Waals surface area contributed by atoms with Gasteiger partial charge in [-0.3, -0.25) is 4.79 Å². The van der Waals surface area contributed by atoms with Crippen molar-refractivity contribution in [3.05, 3.63) is 22.7 Å². The molecule has 1 aromatic rings. The van der Waals surface area contributed by atoms with Gasteiger partial charge in [0.1, 0.15) is 0 Å². The minimum atomic E-state index is -0.200. The summed E-state index contributed by atoms with van der Waals surface area (Å²) in [7, 11) is 0. The van der Waals surface area contributed by atoms with E-state index in [1.807, 2.05) is 6.92 Å². The molecule has 0 aromatic carbocycles. The molecule has 1 atom stereocenters. The van der Waals surface area contributed by atoms with Gasteiger partial charge in [-0.05, 0) is 26.3 Å². The fourth-order valence-corrected chi connectivity index (χ4v) is 1.37. The number of hydrogen-bond donors (Lipinski definition) is 3. The Morgan fingerprint density at radius 3 is 2.93 bits per heavy atom. The van der Waals surface area contributed by atoms with E-state index < -0.39 is 0 Å². The maximum absolute atomic E-state index is 11.4. The lowest BCUT2D eigenvalue weighted by molar-refractivity contribution is 0.461.